The van der Waals surface area contributed by atoms with Crippen LogP contribution in [0.3, 0.4) is 0 Å². The Kier molecular flexibility index (Phi) is 3.76. The number of hydrogen-bond acceptors (Lipinski definition) is 1. The highest BCUT2D eigenvalue weighted by Gasteiger charge is 2.20. The molecule has 13 heavy (non-hydrogen) atoms. The summed E-state index contributed by atoms with van der Waals surface area (Å²) in [6.07, 6.45) is 1.16. The first-order chi connectivity index (χ1) is 5.92. The summed E-state index contributed by atoms with van der Waals surface area (Å²) in [4.78, 5) is 0. The Labute approximate surface area is 86.0 Å². The predicted octanol–water partition coefficient (Wildman–Crippen LogP) is 2.36. The smallest absolute Gasteiger partial charge is 0.00912 e. The summed E-state index contributed by atoms with van der Waals surface area (Å²) in [5.41, 5.74) is 3.07. The van der Waals surface area contributed by atoms with E-state index in [-0.39, 0.29) is 12.4 Å². The average molecular weight is 198 g/mol. The molecule has 0 aromatic heterocycles. The molecule has 1 aromatic rings. The van der Waals surface area contributed by atoms with E-state index in [0.717, 1.165) is 25.4 Å². The zero-order valence-electron chi connectivity index (χ0n) is 7.92. The molecule has 0 unspecified atom stereocenters. The number of benzene rings is 1. The second kappa shape index (κ2) is 4.64. The monoisotopic (exact) mass is 197 g/mol. The van der Waals surface area contributed by atoms with Crippen LogP contribution >= 0.6 is 12.4 Å². The van der Waals surface area contributed by atoms with E-state index >= 15 is 0 Å². The topological polar surface area (TPSA) is 12.0 Å². The van der Waals surface area contributed by atoms with Crippen molar-refractivity contribution in [3.8, 4) is 0 Å². The third kappa shape index (κ3) is 2.04. The normalized spacial score (nSPS) is 16.1. The lowest BCUT2D eigenvalue weighted by atomic mass is 9.89. The van der Waals surface area contributed by atoms with E-state index in [1.54, 1.807) is 5.56 Å². The van der Waals surface area contributed by atoms with Gasteiger partial charge < -0.3 is 5.32 Å². The largest absolute Gasteiger partial charge is 0.315 e. The number of aryl methyl sites for hydroxylation is 1. The van der Waals surface area contributed by atoms with Crippen molar-refractivity contribution in [3.63, 3.8) is 0 Å². The third-order valence-corrected chi connectivity index (χ3v) is 2.66. The zero-order chi connectivity index (χ0) is 8.39. The Morgan fingerprint density at radius 2 is 2.00 bits per heavy atom. The molecular formula is C11H16ClN. The van der Waals surface area contributed by atoms with Gasteiger partial charge in [0.2, 0.25) is 0 Å². The highest BCUT2D eigenvalue weighted by Crippen LogP contribution is 2.23. The molecule has 2 rings (SSSR count). The molecule has 0 amide bonds. The van der Waals surface area contributed by atoms with E-state index in [9.17, 15) is 0 Å². The first-order valence-corrected chi connectivity index (χ1v) is 4.70. The number of nitrogens with one attached hydrogen (secondary N) is 1. The SMILES string of the molecule is CCc1ccccc1C1CNC1.Cl. The molecule has 0 radical (unpaired) electrons. The summed E-state index contributed by atoms with van der Waals surface area (Å²) in [7, 11) is 0. The van der Waals surface area contributed by atoms with E-state index < -0.39 is 0 Å². The molecule has 0 bridgehead atoms. The van der Waals surface area contributed by atoms with Crippen LogP contribution < -0.4 is 5.32 Å². The van der Waals surface area contributed by atoms with Gasteiger partial charge in [0.05, 0.1) is 0 Å². The van der Waals surface area contributed by atoms with Crippen LogP contribution in [0.5, 0.6) is 0 Å². The predicted molar refractivity (Wildman–Crippen MR) is 58.7 cm³/mol. The molecule has 2 heteroatoms. The summed E-state index contributed by atoms with van der Waals surface area (Å²) in [6, 6.07) is 8.79. The third-order valence-electron chi connectivity index (χ3n) is 2.66. The quantitative estimate of drug-likeness (QED) is 0.768. The van der Waals surface area contributed by atoms with Crippen molar-refractivity contribution in [2.45, 2.75) is 19.3 Å². The van der Waals surface area contributed by atoms with Crippen LogP contribution in [-0.2, 0) is 6.42 Å². The molecule has 1 fully saturated rings. The van der Waals surface area contributed by atoms with Crippen molar-refractivity contribution < 1.29 is 0 Å². The molecule has 1 heterocycles. The van der Waals surface area contributed by atoms with Crippen LogP contribution in [0, 0.1) is 0 Å². The Morgan fingerprint density at radius 1 is 1.31 bits per heavy atom. The number of halogens is 1. The lowest BCUT2D eigenvalue weighted by molar-refractivity contribution is 0.446. The fraction of sp³-hybridized carbons (Fsp3) is 0.455. The molecule has 1 aliphatic rings. The van der Waals surface area contributed by atoms with Crippen LogP contribution in [0.15, 0.2) is 24.3 Å². The minimum atomic E-state index is 0. The maximum atomic E-state index is 3.31. The van der Waals surface area contributed by atoms with Gasteiger partial charge in [-0.25, -0.2) is 0 Å². The Morgan fingerprint density at radius 3 is 2.54 bits per heavy atom. The van der Waals surface area contributed by atoms with Crippen molar-refractivity contribution in [3.05, 3.63) is 35.4 Å². The highest BCUT2D eigenvalue weighted by atomic mass is 35.5. The molecule has 1 saturated heterocycles. The second-order valence-electron chi connectivity index (χ2n) is 3.41. The van der Waals surface area contributed by atoms with Gasteiger partial charge in [-0.15, -0.1) is 12.4 Å². The van der Waals surface area contributed by atoms with E-state index in [0.29, 0.717) is 0 Å². The minimum absolute atomic E-state index is 0. The van der Waals surface area contributed by atoms with Gasteiger partial charge in [0.1, 0.15) is 0 Å². The molecule has 0 saturated carbocycles. The van der Waals surface area contributed by atoms with Crippen molar-refractivity contribution in [2.75, 3.05) is 13.1 Å². The summed E-state index contributed by atoms with van der Waals surface area (Å²) in [5, 5.41) is 3.31. The van der Waals surface area contributed by atoms with E-state index in [1.165, 1.54) is 5.56 Å². The molecular weight excluding hydrogens is 182 g/mol. The lowest BCUT2D eigenvalue weighted by Crippen LogP contribution is -2.40. The van der Waals surface area contributed by atoms with Crippen molar-refractivity contribution in [2.24, 2.45) is 0 Å². The maximum absolute atomic E-state index is 3.31. The van der Waals surface area contributed by atoms with Gasteiger partial charge in [-0.05, 0) is 17.5 Å². The van der Waals surface area contributed by atoms with E-state index in [1.807, 2.05) is 0 Å². The second-order valence-corrected chi connectivity index (χ2v) is 3.41. The highest BCUT2D eigenvalue weighted by molar-refractivity contribution is 5.85. The summed E-state index contributed by atoms with van der Waals surface area (Å²) >= 11 is 0. The first kappa shape index (κ1) is 10.6. The Balaban J connectivity index is 0.000000845. The van der Waals surface area contributed by atoms with Crippen molar-refractivity contribution in [1.82, 2.24) is 5.32 Å². The fourth-order valence-corrected chi connectivity index (χ4v) is 1.76. The van der Waals surface area contributed by atoms with Gasteiger partial charge >= 0.3 is 0 Å². The Bertz CT molecular complexity index is 269. The zero-order valence-corrected chi connectivity index (χ0v) is 8.73. The van der Waals surface area contributed by atoms with Crippen LogP contribution in [0.25, 0.3) is 0 Å². The van der Waals surface area contributed by atoms with Gasteiger partial charge in [-0.2, -0.15) is 0 Å². The molecule has 0 spiro atoms. The molecule has 1 aliphatic heterocycles. The first-order valence-electron chi connectivity index (χ1n) is 4.70. The van der Waals surface area contributed by atoms with Gasteiger partial charge in [0.25, 0.3) is 0 Å². The molecule has 1 aromatic carbocycles. The van der Waals surface area contributed by atoms with Crippen LogP contribution in [-0.4, -0.2) is 13.1 Å². The van der Waals surface area contributed by atoms with Crippen LogP contribution in [0.2, 0.25) is 0 Å². The lowest BCUT2D eigenvalue weighted by Gasteiger charge is -2.29. The van der Waals surface area contributed by atoms with Crippen LogP contribution in [0.1, 0.15) is 24.0 Å². The Hall–Kier alpha value is -0.530. The standard InChI is InChI=1S/C11H15N.ClH/c1-2-9-5-3-4-6-11(9)10-7-12-8-10;/h3-6,10,12H,2,7-8H2,1H3;1H. The molecule has 1 N–H and O–H groups in total. The van der Waals surface area contributed by atoms with Crippen LogP contribution in [0.4, 0.5) is 0 Å². The minimum Gasteiger partial charge on any atom is -0.315 e. The molecule has 0 atom stereocenters. The van der Waals surface area contributed by atoms with Gasteiger partial charge in [0, 0.05) is 19.0 Å². The maximum Gasteiger partial charge on any atom is 0.00912 e. The molecule has 72 valence electrons. The molecule has 0 aliphatic carbocycles. The van der Waals surface area contributed by atoms with Crippen molar-refractivity contribution in [1.29, 1.82) is 0 Å². The molecule has 1 nitrogen and oxygen atoms in total. The fourth-order valence-electron chi connectivity index (χ4n) is 1.76. The van der Waals surface area contributed by atoms with Crippen molar-refractivity contribution >= 4 is 12.4 Å². The van der Waals surface area contributed by atoms with Gasteiger partial charge in [-0.1, -0.05) is 31.2 Å². The number of rotatable bonds is 2. The summed E-state index contributed by atoms with van der Waals surface area (Å²) in [6.45, 7) is 4.55. The van der Waals surface area contributed by atoms with Gasteiger partial charge in [0.15, 0.2) is 0 Å². The summed E-state index contributed by atoms with van der Waals surface area (Å²) in [5.74, 6) is 0.779. The average Bonchev–Trinajstić information content (AvgIpc) is 2.02. The summed E-state index contributed by atoms with van der Waals surface area (Å²) < 4.78 is 0. The van der Waals surface area contributed by atoms with Gasteiger partial charge in [-0.3, -0.25) is 0 Å². The number of hydrogen-bond donors (Lipinski definition) is 1. The van der Waals surface area contributed by atoms with E-state index in [4.69, 9.17) is 0 Å². The van der Waals surface area contributed by atoms with E-state index in [2.05, 4.69) is 36.5 Å².